The van der Waals surface area contributed by atoms with Crippen molar-refractivity contribution in [3.8, 4) is 5.75 Å². The summed E-state index contributed by atoms with van der Waals surface area (Å²) in [6.45, 7) is 6.21. The summed E-state index contributed by atoms with van der Waals surface area (Å²) in [7, 11) is 2.12. The second-order valence-corrected chi connectivity index (χ2v) is 7.23. The van der Waals surface area contributed by atoms with Crippen LogP contribution in [-0.4, -0.2) is 62.1 Å². The number of carbonyl (C=O) groups excluding carboxylic acids is 1. The summed E-state index contributed by atoms with van der Waals surface area (Å²) in [5.41, 5.74) is 0. The van der Waals surface area contributed by atoms with Crippen LogP contribution in [0, 0.1) is 6.92 Å². The molecule has 1 aromatic carbocycles. The number of hydrogen-bond acceptors (Lipinski definition) is 5. The lowest BCUT2D eigenvalue weighted by atomic mass is 10.1. The number of carbonyl (C=O) groups is 1. The van der Waals surface area contributed by atoms with Crippen molar-refractivity contribution in [3.63, 3.8) is 0 Å². The van der Waals surface area contributed by atoms with E-state index in [9.17, 15) is 4.79 Å². The lowest BCUT2D eigenvalue weighted by Crippen LogP contribution is -2.48. The predicted octanol–water partition coefficient (Wildman–Crippen LogP) is 2.73. The van der Waals surface area contributed by atoms with Gasteiger partial charge in [0.15, 0.2) is 6.61 Å². The van der Waals surface area contributed by atoms with Crippen LogP contribution >= 0.6 is 11.6 Å². The summed E-state index contributed by atoms with van der Waals surface area (Å²) in [5.74, 6) is 2.07. The molecular weight excluding hydrogens is 366 g/mol. The average molecular weight is 392 g/mol. The number of aryl methyl sites for hydroxylation is 1. The molecule has 0 spiro atoms. The van der Waals surface area contributed by atoms with E-state index in [1.165, 1.54) is 0 Å². The average Bonchev–Trinajstić information content (AvgIpc) is 3.09. The summed E-state index contributed by atoms with van der Waals surface area (Å²) in [5, 5.41) is 3.46. The Morgan fingerprint density at radius 3 is 2.63 bits per heavy atom. The predicted molar refractivity (Wildman–Crippen MR) is 105 cm³/mol. The van der Waals surface area contributed by atoms with Gasteiger partial charge < -0.3 is 19.4 Å². The zero-order chi connectivity index (χ0) is 19.2. The maximum Gasteiger partial charge on any atom is 0.258 e. The summed E-state index contributed by atoms with van der Waals surface area (Å²) in [6, 6.07) is 11.1. The molecule has 2 heterocycles. The highest BCUT2D eigenvalue weighted by Gasteiger charge is 2.26. The number of para-hydroxylation sites is 1. The topological polar surface area (TPSA) is 58.0 Å². The molecule has 1 aliphatic rings. The zero-order valence-corrected chi connectivity index (χ0v) is 16.5. The number of rotatable bonds is 7. The highest BCUT2D eigenvalue weighted by atomic mass is 35.5. The minimum Gasteiger partial charge on any atom is -0.482 e. The van der Waals surface area contributed by atoms with Gasteiger partial charge in [0, 0.05) is 32.7 Å². The Labute approximate surface area is 165 Å². The summed E-state index contributed by atoms with van der Waals surface area (Å²) in [6.07, 6.45) is 0. The maximum atomic E-state index is 12.3. The Morgan fingerprint density at radius 2 is 1.96 bits per heavy atom. The van der Waals surface area contributed by atoms with E-state index in [0.717, 1.165) is 37.7 Å². The third-order valence-corrected chi connectivity index (χ3v) is 5.07. The van der Waals surface area contributed by atoms with Gasteiger partial charge in [-0.2, -0.15) is 0 Å². The number of likely N-dealkylation sites (N-methyl/N-ethyl adjacent to an activating group) is 1. The highest BCUT2D eigenvalue weighted by molar-refractivity contribution is 6.32. The van der Waals surface area contributed by atoms with Crippen LogP contribution in [0.5, 0.6) is 5.75 Å². The van der Waals surface area contributed by atoms with Crippen molar-refractivity contribution in [2.24, 2.45) is 0 Å². The minimum absolute atomic E-state index is 0.0108. The number of amides is 1. The van der Waals surface area contributed by atoms with Gasteiger partial charge in [0.25, 0.3) is 5.91 Å². The van der Waals surface area contributed by atoms with Crippen LogP contribution in [0.3, 0.4) is 0 Å². The summed E-state index contributed by atoms with van der Waals surface area (Å²) in [4.78, 5) is 16.9. The van der Waals surface area contributed by atoms with E-state index in [0.29, 0.717) is 17.3 Å². The molecule has 1 N–H and O–H groups in total. The summed E-state index contributed by atoms with van der Waals surface area (Å²) < 4.78 is 11.4. The van der Waals surface area contributed by atoms with E-state index in [1.54, 1.807) is 12.1 Å². The van der Waals surface area contributed by atoms with Gasteiger partial charge >= 0.3 is 0 Å². The van der Waals surface area contributed by atoms with Crippen LogP contribution in [0.15, 0.2) is 40.8 Å². The first-order chi connectivity index (χ1) is 13.0. The van der Waals surface area contributed by atoms with Gasteiger partial charge in [-0.25, -0.2) is 0 Å². The van der Waals surface area contributed by atoms with Crippen LogP contribution in [-0.2, 0) is 4.79 Å². The van der Waals surface area contributed by atoms with Crippen LogP contribution < -0.4 is 10.1 Å². The highest BCUT2D eigenvalue weighted by Crippen LogP contribution is 2.24. The number of hydrogen-bond donors (Lipinski definition) is 1. The molecule has 0 bridgehead atoms. The number of nitrogens with one attached hydrogen (secondary N) is 1. The third-order valence-electron chi connectivity index (χ3n) is 4.76. The fourth-order valence-electron chi connectivity index (χ4n) is 3.14. The van der Waals surface area contributed by atoms with Crippen molar-refractivity contribution >= 4 is 17.5 Å². The lowest BCUT2D eigenvalue weighted by Gasteiger charge is -2.37. The van der Waals surface area contributed by atoms with Gasteiger partial charge in [-0.3, -0.25) is 9.69 Å². The Morgan fingerprint density at radius 1 is 1.22 bits per heavy atom. The smallest absolute Gasteiger partial charge is 0.258 e. The maximum absolute atomic E-state index is 12.3. The summed E-state index contributed by atoms with van der Waals surface area (Å²) >= 11 is 6.05. The molecule has 1 aliphatic heterocycles. The molecule has 27 heavy (non-hydrogen) atoms. The molecule has 146 valence electrons. The number of furan rings is 1. The molecule has 0 saturated carbocycles. The van der Waals surface area contributed by atoms with Gasteiger partial charge in [-0.05, 0) is 38.2 Å². The molecule has 2 aromatic rings. The van der Waals surface area contributed by atoms with E-state index in [2.05, 4.69) is 22.2 Å². The van der Waals surface area contributed by atoms with Crippen LogP contribution in [0.2, 0.25) is 5.02 Å². The first-order valence-electron chi connectivity index (χ1n) is 9.16. The first kappa shape index (κ1) is 19.7. The van der Waals surface area contributed by atoms with Crippen molar-refractivity contribution in [1.29, 1.82) is 0 Å². The van der Waals surface area contributed by atoms with Gasteiger partial charge in [0.1, 0.15) is 17.3 Å². The van der Waals surface area contributed by atoms with E-state index in [1.807, 2.05) is 31.2 Å². The SMILES string of the molecule is Cc1ccc(C(CNC(=O)COc2ccccc2Cl)N2CCN(C)CC2)o1. The van der Waals surface area contributed by atoms with E-state index < -0.39 is 0 Å². The molecule has 7 heteroatoms. The minimum atomic E-state index is -0.183. The largest absolute Gasteiger partial charge is 0.482 e. The third kappa shape index (κ3) is 5.48. The van der Waals surface area contributed by atoms with Gasteiger partial charge in [-0.1, -0.05) is 23.7 Å². The second-order valence-electron chi connectivity index (χ2n) is 6.83. The van der Waals surface area contributed by atoms with Crippen molar-refractivity contribution < 1.29 is 13.9 Å². The molecule has 1 unspecified atom stereocenters. The van der Waals surface area contributed by atoms with Crippen LogP contribution in [0.4, 0.5) is 0 Å². The quantitative estimate of drug-likeness (QED) is 0.786. The van der Waals surface area contributed by atoms with E-state index in [-0.39, 0.29) is 18.6 Å². The zero-order valence-electron chi connectivity index (χ0n) is 15.8. The molecule has 0 radical (unpaired) electrons. The normalized spacial score (nSPS) is 16.9. The molecule has 0 aliphatic carbocycles. The first-order valence-corrected chi connectivity index (χ1v) is 9.53. The number of halogens is 1. The van der Waals surface area contributed by atoms with Crippen molar-refractivity contribution in [3.05, 3.63) is 52.9 Å². The second kappa shape index (κ2) is 9.26. The number of ether oxygens (including phenoxy) is 1. The van der Waals surface area contributed by atoms with Crippen LogP contribution in [0.1, 0.15) is 17.6 Å². The molecule has 1 saturated heterocycles. The monoisotopic (exact) mass is 391 g/mol. The number of nitrogens with zero attached hydrogens (tertiary/aromatic N) is 2. The van der Waals surface area contributed by atoms with Crippen molar-refractivity contribution in [1.82, 2.24) is 15.1 Å². The molecule has 1 fully saturated rings. The molecule has 1 aromatic heterocycles. The fraction of sp³-hybridized carbons (Fsp3) is 0.450. The Bertz CT molecular complexity index is 756. The fourth-order valence-corrected chi connectivity index (χ4v) is 3.33. The molecular formula is C20H26ClN3O3. The van der Waals surface area contributed by atoms with Gasteiger partial charge in [0.05, 0.1) is 11.1 Å². The van der Waals surface area contributed by atoms with E-state index in [4.69, 9.17) is 20.8 Å². The van der Waals surface area contributed by atoms with Crippen LogP contribution in [0.25, 0.3) is 0 Å². The van der Waals surface area contributed by atoms with Gasteiger partial charge in [-0.15, -0.1) is 0 Å². The lowest BCUT2D eigenvalue weighted by molar-refractivity contribution is -0.123. The van der Waals surface area contributed by atoms with Crippen molar-refractivity contribution in [2.45, 2.75) is 13.0 Å². The standard InChI is InChI=1S/C20H26ClN3O3/c1-15-7-8-19(27-15)17(24-11-9-23(2)10-12-24)13-22-20(25)14-26-18-6-4-3-5-16(18)21/h3-8,17H,9-14H2,1-2H3,(H,22,25). The molecule has 1 atom stereocenters. The molecule has 6 nitrogen and oxygen atoms in total. The molecule has 1 amide bonds. The van der Waals surface area contributed by atoms with Crippen molar-refractivity contribution in [2.75, 3.05) is 46.4 Å². The Kier molecular flexibility index (Phi) is 6.77. The Balaban J connectivity index is 1.57. The van der Waals surface area contributed by atoms with Gasteiger partial charge in [0.2, 0.25) is 0 Å². The number of benzene rings is 1. The van der Waals surface area contributed by atoms with E-state index >= 15 is 0 Å². The molecule has 3 rings (SSSR count). The Hall–Kier alpha value is -2.02. The number of piperazine rings is 1.